The fourth-order valence-electron chi connectivity index (χ4n) is 6.11. The second kappa shape index (κ2) is 10.6. The molecule has 3 nitrogen and oxygen atoms in total. The Balaban J connectivity index is 1.35. The molecule has 8 rings (SSSR count). The van der Waals surface area contributed by atoms with Gasteiger partial charge in [0, 0.05) is 44.9 Å². The normalized spacial score (nSPS) is 11.3. The Bertz CT molecular complexity index is 2200. The highest BCUT2D eigenvalue weighted by molar-refractivity contribution is 6.11. The standard InChI is InChI=1S/C40H29N3/c1-4-14-31(15-5-1)41-32-21-24-37-38-25-23-36(28-40(38)43(39(37)27-32)34-18-8-3-9-19-34)42(33-16-6-2-7-17-33)35-22-20-29-12-10-11-13-30(29)26-35/h1-28,41H. The largest absolute Gasteiger partial charge is 0.355 e. The minimum atomic E-state index is 1.06. The van der Waals surface area contributed by atoms with Crippen molar-refractivity contribution in [2.75, 3.05) is 10.2 Å². The van der Waals surface area contributed by atoms with Crippen molar-refractivity contribution >= 4 is 61.0 Å². The Morgan fingerprint density at radius 2 is 0.977 bits per heavy atom. The quantitative estimate of drug-likeness (QED) is 0.222. The molecule has 0 aliphatic carbocycles. The lowest BCUT2D eigenvalue weighted by atomic mass is 10.1. The van der Waals surface area contributed by atoms with Gasteiger partial charge in [0.25, 0.3) is 0 Å². The van der Waals surface area contributed by atoms with E-state index in [1.807, 2.05) is 6.07 Å². The second-order valence-corrected chi connectivity index (χ2v) is 10.8. The number of benzene rings is 7. The molecule has 0 aliphatic rings. The van der Waals surface area contributed by atoms with E-state index in [9.17, 15) is 0 Å². The van der Waals surface area contributed by atoms with Gasteiger partial charge in [0.2, 0.25) is 0 Å². The number of aromatic nitrogens is 1. The molecule has 0 aliphatic heterocycles. The van der Waals surface area contributed by atoms with E-state index in [4.69, 9.17) is 0 Å². The fraction of sp³-hybridized carbons (Fsp3) is 0. The Kier molecular flexibility index (Phi) is 6.12. The van der Waals surface area contributed by atoms with E-state index in [0.717, 1.165) is 45.2 Å². The van der Waals surface area contributed by atoms with E-state index in [0.29, 0.717) is 0 Å². The van der Waals surface area contributed by atoms with Crippen LogP contribution in [0.5, 0.6) is 0 Å². The van der Waals surface area contributed by atoms with E-state index in [1.165, 1.54) is 21.5 Å². The third-order valence-electron chi connectivity index (χ3n) is 8.09. The average Bonchev–Trinajstić information content (AvgIpc) is 3.39. The van der Waals surface area contributed by atoms with Gasteiger partial charge in [-0.3, -0.25) is 0 Å². The lowest BCUT2D eigenvalue weighted by Gasteiger charge is -2.26. The molecule has 7 aromatic carbocycles. The van der Waals surface area contributed by atoms with Crippen molar-refractivity contribution in [3.63, 3.8) is 0 Å². The van der Waals surface area contributed by atoms with Crippen LogP contribution in [0.1, 0.15) is 0 Å². The Morgan fingerprint density at radius 1 is 0.395 bits per heavy atom. The highest BCUT2D eigenvalue weighted by atomic mass is 15.1. The Hall–Kier alpha value is -5.80. The molecule has 0 fully saturated rings. The molecule has 1 heterocycles. The summed E-state index contributed by atoms with van der Waals surface area (Å²) in [5.41, 5.74) is 8.94. The molecule has 0 unspecified atom stereocenters. The van der Waals surface area contributed by atoms with Crippen LogP contribution < -0.4 is 10.2 Å². The zero-order valence-electron chi connectivity index (χ0n) is 23.6. The maximum atomic E-state index is 3.58. The number of para-hydroxylation sites is 3. The van der Waals surface area contributed by atoms with Crippen LogP contribution in [0.3, 0.4) is 0 Å². The number of nitrogens with zero attached hydrogens (tertiary/aromatic N) is 2. The summed E-state index contributed by atoms with van der Waals surface area (Å²) < 4.78 is 2.38. The van der Waals surface area contributed by atoms with Crippen LogP contribution in [-0.2, 0) is 0 Å². The SMILES string of the molecule is c1ccc(Nc2ccc3c4ccc(N(c5ccccc5)c5ccc6ccccc6c5)cc4n(-c4ccccc4)c3c2)cc1. The summed E-state index contributed by atoms with van der Waals surface area (Å²) in [7, 11) is 0. The zero-order valence-corrected chi connectivity index (χ0v) is 23.6. The number of hydrogen-bond donors (Lipinski definition) is 1. The molecule has 0 spiro atoms. The molecular weight excluding hydrogens is 522 g/mol. The van der Waals surface area contributed by atoms with Crippen LogP contribution in [0.15, 0.2) is 170 Å². The smallest absolute Gasteiger partial charge is 0.0561 e. The Labute approximate surface area is 250 Å². The van der Waals surface area contributed by atoms with Gasteiger partial charge in [0.15, 0.2) is 0 Å². The first-order chi connectivity index (χ1) is 21.3. The predicted octanol–water partition coefficient (Wildman–Crippen LogP) is 11.2. The van der Waals surface area contributed by atoms with Crippen molar-refractivity contribution in [1.82, 2.24) is 4.57 Å². The van der Waals surface area contributed by atoms with Crippen LogP contribution in [0.25, 0.3) is 38.3 Å². The highest BCUT2D eigenvalue weighted by Gasteiger charge is 2.18. The molecule has 0 bridgehead atoms. The van der Waals surface area contributed by atoms with E-state index >= 15 is 0 Å². The molecule has 3 heteroatoms. The van der Waals surface area contributed by atoms with E-state index in [1.54, 1.807) is 0 Å². The molecule has 0 radical (unpaired) electrons. The van der Waals surface area contributed by atoms with E-state index in [-0.39, 0.29) is 0 Å². The average molecular weight is 552 g/mol. The summed E-state index contributed by atoms with van der Waals surface area (Å²) in [4.78, 5) is 2.35. The van der Waals surface area contributed by atoms with E-state index in [2.05, 4.69) is 179 Å². The summed E-state index contributed by atoms with van der Waals surface area (Å²) in [5.74, 6) is 0. The lowest BCUT2D eigenvalue weighted by Crippen LogP contribution is -2.10. The third-order valence-corrected chi connectivity index (χ3v) is 8.09. The number of hydrogen-bond acceptors (Lipinski definition) is 2. The molecule has 0 saturated heterocycles. The van der Waals surface area contributed by atoms with Crippen LogP contribution in [0.4, 0.5) is 28.4 Å². The van der Waals surface area contributed by atoms with Crippen molar-refractivity contribution in [3.05, 3.63) is 170 Å². The van der Waals surface area contributed by atoms with Crippen molar-refractivity contribution in [3.8, 4) is 5.69 Å². The molecule has 0 amide bonds. The number of fused-ring (bicyclic) bond motifs is 4. The maximum Gasteiger partial charge on any atom is 0.0561 e. The first kappa shape index (κ1) is 25.0. The van der Waals surface area contributed by atoms with Gasteiger partial charge in [-0.15, -0.1) is 0 Å². The molecule has 1 N–H and O–H groups in total. The molecule has 8 aromatic rings. The molecule has 204 valence electrons. The van der Waals surface area contributed by atoms with Crippen LogP contribution in [0, 0.1) is 0 Å². The molecular formula is C40H29N3. The van der Waals surface area contributed by atoms with Crippen LogP contribution in [-0.4, -0.2) is 4.57 Å². The fourth-order valence-corrected chi connectivity index (χ4v) is 6.11. The summed E-state index contributed by atoms with van der Waals surface area (Å²) in [5, 5.41) is 8.49. The van der Waals surface area contributed by atoms with Gasteiger partial charge in [0.05, 0.1) is 11.0 Å². The van der Waals surface area contributed by atoms with Crippen molar-refractivity contribution in [2.24, 2.45) is 0 Å². The topological polar surface area (TPSA) is 20.2 Å². The summed E-state index contributed by atoms with van der Waals surface area (Å²) >= 11 is 0. The summed E-state index contributed by atoms with van der Waals surface area (Å²) in [6.45, 7) is 0. The highest BCUT2D eigenvalue weighted by Crippen LogP contribution is 2.40. The third kappa shape index (κ3) is 4.58. The van der Waals surface area contributed by atoms with Gasteiger partial charge in [-0.05, 0) is 83.6 Å². The van der Waals surface area contributed by atoms with E-state index < -0.39 is 0 Å². The van der Waals surface area contributed by atoms with Crippen molar-refractivity contribution in [1.29, 1.82) is 0 Å². The van der Waals surface area contributed by atoms with Gasteiger partial charge in [-0.2, -0.15) is 0 Å². The van der Waals surface area contributed by atoms with Gasteiger partial charge in [0.1, 0.15) is 0 Å². The van der Waals surface area contributed by atoms with Gasteiger partial charge in [-0.25, -0.2) is 0 Å². The maximum absolute atomic E-state index is 3.58. The second-order valence-electron chi connectivity index (χ2n) is 10.8. The first-order valence-electron chi connectivity index (χ1n) is 14.6. The summed E-state index contributed by atoms with van der Waals surface area (Å²) in [6, 6.07) is 60.3. The Morgan fingerprint density at radius 3 is 1.74 bits per heavy atom. The van der Waals surface area contributed by atoms with Crippen molar-refractivity contribution in [2.45, 2.75) is 0 Å². The van der Waals surface area contributed by atoms with Crippen LogP contribution in [0.2, 0.25) is 0 Å². The van der Waals surface area contributed by atoms with Crippen LogP contribution >= 0.6 is 0 Å². The monoisotopic (exact) mass is 551 g/mol. The van der Waals surface area contributed by atoms with Gasteiger partial charge in [-0.1, -0.05) is 97.1 Å². The molecule has 43 heavy (non-hydrogen) atoms. The van der Waals surface area contributed by atoms with Gasteiger partial charge < -0.3 is 14.8 Å². The number of anilines is 5. The molecule has 0 atom stereocenters. The zero-order chi connectivity index (χ0) is 28.6. The number of rotatable bonds is 6. The van der Waals surface area contributed by atoms with Gasteiger partial charge >= 0.3 is 0 Å². The minimum absolute atomic E-state index is 1.06. The molecule has 0 saturated carbocycles. The number of nitrogens with one attached hydrogen (secondary N) is 1. The predicted molar refractivity (Wildman–Crippen MR) is 183 cm³/mol. The molecule has 1 aromatic heterocycles. The first-order valence-corrected chi connectivity index (χ1v) is 14.6. The minimum Gasteiger partial charge on any atom is -0.355 e. The summed E-state index contributed by atoms with van der Waals surface area (Å²) in [6.07, 6.45) is 0. The lowest BCUT2D eigenvalue weighted by molar-refractivity contribution is 1.18. The van der Waals surface area contributed by atoms with Crippen molar-refractivity contribution < 1.29 is 0 Å².